The molecule has 0 radical (unpaired) electrons. The number of para-hydroxylation sites is 3. The summed E-state index contributed by atoms with van der Waals surface area (Å²) in [5.41, 5.74) is 9.14. The molecule has 0 aliphatic rings. The Kier molecular flexibility index (Phi) is 9.26. The minimum absolute atomic E-state index is 1.10. The lowest BCUT2D eigenvalue weighted by molar-refractivity contribution is 1.23. The number of hydrogen-bond donors (Lipinski definition) is 0. The van der Waals surface area contributed by atoms with E-state index in [0.717, 1.165) is 34.1 Å². The van der Waals surface area contributed by atoms with Crippen LogP contribution in [-0.4, -0.2) is 0 Å². The molecule has 0 fully saturated rings. The van der Waals surface area contributed by atoms with Crippen LogP contribution in [0.2, 0.25) is 0 Å². The van der Waals surface area contributed by atoms with Gasteiger partial charge in [-0.1, -0.05) is 128 Å². The third kappa shape index (κ3) is 6.60. The first kappa shape index (κ1) is 32.4. The lowest BCUT2D eigenvalue weighted by Gasteiger charge is -2.28. The van der Waals surface area contributed by atoms with Crippen molar-refractivity contribution in [2.45, 2.75) is 11.8 Å². The van der Waals surface area contributed by atoms with E-state index in [-0.39, 0.29) is 0 Å². The van der Waals surface area contributed by atoms with Gasteiger partial charge < -0.3 is 9.80 Å². The van der Waals surface area contributed by atoms with Crippen molar-refractivity contribution in [1.82, 2.24) is 0 Å². The van der Waals surface area contributed by atoms with Crippen molar-refractivity contribution in [3.8, 4) is 11.1 Å². The van der Waals surface area contributed by atoms with Crippen LogP contribution < -0.4 is 9.80 Å². The molecule has 4 heteroatoms. The van der Waals surface area contributed by atoms with Gasteiger partial charge >= 0.3 is 0 Å². The summed E-state index contributed by atoms with van der Waals surface area (Å²) in [6.07, 6.45) is 3.92. The molecule has 0 saturated heterocycles. The van der Waals surface area contributed by atoms with Crippen molar-refractivity contribution in [2.75, 3.05) is 9.80 Å². The highest BCUT2D eigenvalue weighted by atomic mass is 32.2. The third-order valence-corrected chi connectivity index (χ3v) is 11.1. The second-order valence-electron chi connectivity index (χ2n) is 12.3. The zero-order valence-corrected chi connectivity index (χ0v) is 29.9. The van der Waals surface area contributed by atoms with Gasteiger partial charge in [0.2, 0.25) is 0 Å². The number of thiophene rings is 1. The second kappa shape index (κ2) is 14.6. The molecule has 1 heterocycles. The number of nitrogens with zero attached hydrogens (tertiary/aromatic N) is 2. The monoisotopic (exact) mass is 692 g/mol. The average Bonchev–Trinajstić information content (AvgIpc) is 3.56. The van der Waals surface area contributed by atoms with Gasteiger partial charge in [-0.15, -0.1) is 11.3 Å². The van der Waals surface area contributed by atoms with Gasteiger partial charge in [0.25, 0.3) is 0 Å². The van der Waals surface area contributed by atoms with Gasteiger partial charge in [-0.3, -0.25) is 0 Å². The fourth-order valence-electron chi connectivity index (χ4n) is 6.67. The van der Waals surface area contributed by atoms with Gasteiger partial charge in [-0.05, 0) is 102 Å². The standard InChI is InChI=1S/C47H36N2S2/c1-3-16-34(2)50-45-25-14-13-23-42(45)49(39-29-27-36(28-30-39)35-17-7-4-8-18-35)40-31-32-44-41(33-40)47-43(24-15-26-46(47)51-44)48(37-19-9-5-10-20-37)38-21-11-6-12-22-38/h3-33H,1H2,2H3/b34-16+. The summed E-state index contributed by atoms with van der Waals surface area (Å²) in [5.74, 6) is 0. The molecule has 2 nitrogen and oxygen atoms in total. The third-order valence-electron chi connectivity index (χ3n) is 8.95. The lowest BCUT2D eigenvalue weighted by Crippen LogP contribution is -2.11. The minimum Gasteiger partial charge on any atom is -0.310 e. The molecule has 0 amide bonds. The van der Waals surface area contributed by atoms with Crippen LogP contribution in [0.3, 0.4) is 0 Å². The van der Waals surface area contributed by atoms with E-state index in [9.17, 15) is 0 Å². The maximum atomic E-state index is 3.93. The van der Waals surface area contributed by atoms with E-state index in [2.05, 4.69) is 205 Å². The molecule has 0 unspecified atom stereocenters. The SMILES string of the molecule is C=C/C=C(\C)Sc1ccccc1N(c1ccc(-c2ccccc2)cc1)c1ccc2sc3cccc(N(c4ccccc4)c4ccccc4)c3c2c1. The number of anilines is 6. The summed E-state index contributed by atoms with van der Waals surface area (Å²) in [6.45, 7) is 6.07. The number of fused-ring (bicyclic) bond motifs is 3. The first-order valence-electron chi connectivity index (χ1n) is 17.1. The summed E-state index contributed by atoms with van der Waals surface area (Å²) in [4.78, 5) is 7.14. The molecule has 0 N–H and O–H groups in total. The Labute approximate surface area is 308 Å². The highest BCUT2D eigenvalue weighted by Gasteiger charge is 2.21. The van der Waals surface area contributed by atoms with Crippen LogP contribution in [0.5, 0.6) is 0 Å². The summed E-state index contributed by atoms with van der Waals surface area (Å²) in [6, 6.07) is 63.1. The van der Waals surface area contributed by atoms with Crippen LogP contribution in [0.15, 0.2) is 204 Å². The lowest BCUT2D eigenvalue weighted by atomic mass is 10.0. The molecule has 8 rings (SSSR count). The summed E-state index contributed by atoms with van der Waals surface area (Å²) >= 11 is 3.61. The van der Waals surface area contributed by atoms with Gasteiger partial charge in [0.15, 0.2) is 0 Å². The largest absolute Gasteiger partial charge is 0.310 e. The van der Waals surface area contributed by atoms with Gasteiger partial charge in [0.05, 0.1) is 11.4 Å². The molecule has 1 aromatic heterocycles. The Bertz CT molecular complexity index is 2430. The Hall–Kier alpha value is -5.81. The van der Waals surface area contributed by atoms with Gasteiger partial charge in [-0.25, -0.2) is 0 Å². The van der Waals surface area contributed by atoms with E-state index in [0.29, 0.717) is 0 Å². The van der Waals surface area contributed by atoms with Gasteiger partial charge in [0, 0.05) is 47.8 Å². The second-order valence-corrected chi connectivity index (χ2v) is 14.6. The topological polar surface area (TPSA) is 6.48 Å². The molecule has 0 atom stereocenters. The smallest absolute Gasteiger partial charge is 0.0600 e. The van der Waals surface area contributed by atoms with Crippen molar-refractivity contribution < 1.29 is 0 Å². The zero-order chi connectivity index (χ0) is 34.6. The molecule has 51 heavy (non-hydrogen) atoms. The highest BCUT2D eigenvalue weighted by Crippen LogP contribution is 2.48. The molecule has 0 aliphatic carbocycles. The number of rotatable bonds is 10. The van der Waals surface area contributed by atoms with Crippen LogP contribution in [0, 0.1) is 0 Å². The molecule has 8 aromatic rings. The summed E-state index contributed by atoms with van der Waals surface area (Å²) < 4.78 is 2.52. The van der Waals surface area contributed by atoms with E-state index in [4.69, 9.17) is 0 Å². The van der Waals surface area contributed by atoms with Crippen molar-refractivity contribution in [2.24, 2.45) is 0 Å². The molecular weight excluding hydrogens is 657 g/mol. The number of allylic oxidation sites excluding steroid dienone is 3. The summed E-state index contributed by atoms with van der Waals surface area (Å²) in [7, 11) is 0. The molecule has 246 valence electrons. The van der Waals surface area contributed by atoms with Crippen molar-refractivity contribution in [3.05, 3.63) is 200 Å². The van der Waals surface area contributed by atoms with Crippen LogP contribution in [0.4, 0.5) is 34.1 Å². The van der Waals surface area contributed by atoms with Crippen molar-refractivity contribution in [3.63, 3.8) is 0 Å². The van der Waals surface area contributed by atoms with Crippen molar-refractivity contribution in [1.29, 1.82) is 0 Å². The molecular formula is C47H36N2S2. The molecule has 0 aliphatic heterocycles. The zero-order valence-electron chi connectivity index (χ0n) is 28.3. The average molecular weight is 693 g/mol. The van der Waals surface area contributed by atoms with Gasteiger partial charge in [-0.2, -0.15) is 0 Å². The predicted molar refractivity (Wildman–Crippen MR) is 224 cm³/mol. The highest BCUT2D eigenvalue weighted by molar-refractivity contribution is 8.03. The fourth-order valence-corrected chi connectivity index (χ4v) is 8.69. The summed E-state index contributed by atoms with van der Waals surface area (Å²) in [5, 5.41) is 2.48. The Morgan fingerprint density at radius 3 is 1.76 bits per heavy atom. The Morgan fingerprint density at radius 1 is 0.529 bits per heavy atom. The van der Waals surface area contributed by atoms with Gasteiger partial charge in [0.1, 0.15) is 0 Å². The normalized spacial score (nSPS) is 11.5. The quantitative estimate of drug-likeness (QED) is 0.104. The molecule has 7 aromatic carbocycles. The predicted octanol–water partition coefficient (Wildman–Crippen LogP) is 14.8. The van der Waals surface area contributed by atoms with Crippen LogP contribution in [0.1, 0.15) is 6.92 Å². The van der Waals surface area contributed by atoms with E-state index in [1.54, 1.807) is 11.8 Å². The van der Waals surface area contributed by atoms with E-state index < -0.39 is 0 Å². The number of thioether (sulfide) groups is 1. The Balaban J connectivity index is 1.33. The maximum Gasteiger partial charge on any atom is 0.0600 e. The fraction of sp³-hybridized carbons (Fsp3) is 0.0213. The maximum absolute atomic E-state index is 3.93. The van der Waals surface area contributed by atoms with Crippen LogP contribution in [0.25, 0.3) is 31.3 Å². The van der Waals surface area contributed by atoms with Crippen LogP contribution in [-0.2, 0) is 0 Å². The van der Waals surface area contributed by atoms with E-state index in [1.165, 1.54) is 41.1 Å². The van der Waals surface area contributed by atoms with Crippen molar-refractivity contribution >= 4 is 77.4 Å². The number of hydrogen-bond acceptors (Lipinski definition) is 4. The number of benzene rings is 7. The van der Waals surface area contributed by atoms with E-state index >= 15 is 0 Å². The van der Waals surface area contributed by atoms with Crippen LogP contribution >= 0.6 is 23.1 Å². The molecule has 0 saturated carbocycles. The first-order valence-corrected chi connectivity index (χ1v) is 18.7. The Morgan fingerprint density at radius 2 is 1.08 bits per heavy atom. The minimum atomic E-state index is 1.10. The molecule has 0 bridgehead atoms. The molecule has 0 spiro atoms. The first-order chi connectivity index (χ1) is 25.2. The van der Waals surface area contributed by atoms with E-state index in [1.807, 2.05) is 17.4 Å².